The highest BCUT2D eigenvalue weighted by atomic mass is 16.2. The first-order valence-electron chi connectivity index (χ1n) is 9.30. The van der Waals surface area contributed by atoms with E-state index in [0.29, 0.717) is 18.9 Å². The summed E-state index contributed by atoms with van der Waals surface area (Å²) in [6, 6.07) is 0.353. The molecule has 2 aliphatic carbocycles. The van der Waals surface area contributed by atoms with Gasteiger partial charge in [-0.15, -0.1) is 0 Å². The summed E-state index contributed by atoms with van der Waals surface area (Å²) in [6.07, 6.45) is 14.5. The lowest BCUT2D eigenvalue weighted by Gasteiger charge is -2.21. The highest BCUT2D eigenvalue weighted by Crippen LogP contribution is 2.26. The maximum Gasteiger partial charge on any atom is 0.220 e. The Balaban J connectivity index is 1.45. The van der Waals surface area contributed by atoms with Gasteiger partial charge in [0.2, 0.25) is 11.8 Å². The lowest BCUT2D eigenvalue weighted by atomic mass is 9.86. The molecule has 22 heavy (non-hydrogen) atoms. The number of carbonyl (C=O) groups is 2. The van der Waals surface area contributed by atoms with Gasteiger partial charge in [0.1, 0.15) is 0 Å². The van der Waals surface area contributed by atoms with E-state index in [4.69, 9.17) is 0 Å². The van der Waals surface area contributed by atoms with Gasteiger partial charge in [0.05, 0.1) is 0 Å². The van der Waals surface area contributed by atoms with Gasteiger partial charge in [-0.1, -0.05) is 44.9 Å². The molecular formula is C18H32N2O2. The Morgan fingerprint density at radius 3 is 2.18 bits per heavy atom. The summed E-state index contributed by atoms with van der Waals surface area (Å²) in [4.78, 5) is 23.5. The summed E-state index contributed by atoms with van der Waals surface area (Å²) >= 11 is 0. The van der Waals surface area contributed by atoms with Crippen LogP contribution in [0.5, 0.6) is 0 Å². The average Bonchev–Trinajstić information content (AvgIpc) is 3.03. The fourth-order valence-corrected chi connectivity index (χ4v) is 3.78. The van der Waals surface area contributed by atoms with Crippen molar-refractivity contribution in [2.75, 3.05) is 6.54 Å². The Kier molecular flexibility index (Phi) is 7.75. The highest BCUT2D eigenvalue weighted by molar-refractivity contribution is 5.83. The van der Waals surface area contributed by atoms with Crippen LogP contribution in [-0.4, -0.2) is 24.4 Å². The maximum atomic E-state index is 11.7. The minimum absolute atomic E-state index is 0.0187. The number of hydrogen-bond donors (Lipinski definition) is 2. The number of carbonyl (C=O) groups excluding carboxylic acids is 2. The van der Waals surface area contributed by atoms with Gasteiger partial charge >= 0.3 is 0 Å². The molecule has 4 heteroatoms. The Labute approximate surface area is 134 Å². The SMILES string of the molecule is O=C(CCC(=O)NC1CCCC1)NCCCC1CCCCC1. The van der Waals surface area contributed by atoms with Gasteiger partial charge < -0.3 is 10.6 Å². The van der Waals surface area contributed by atoms with E-state index in [0.717, 1.165) is 31.7 Å². The van der Waals surface area contributed by atoms with Gasteiger partial charge in [0.15, 0.2) is 0 Å². The molecule has 0 radical (unpaired) electrons. The zero-order chi connectivity index (χ0) is 15.6. The topological polar surface area (TPSA) is 58.2 Å². The summed E-state index contributed by atoms with van der Waals surface area (Å²) in [5.74, 6) is 0.928. The molecule has 0 aliphatic heterocycles. The highest BCUT2D eigenvalue weighted by Gasteiger charge is 2.17. The predicted molar refractivity (Wildman–Crippen MR) is 88.5 cm³/mol. The van der Waals surface area contributed by atoms with Gasteiger partial charge in [-0.2, -0.15) is 0 Å². The fraction of sp³-hybridized carbons (Fsp3) is 0.889. The number of nitrogens with one attached hydrogen (secondary N) is 2. The monoisotopic (exact) mass is 308 g/mol. The standard InChI is InChI=1S/C18H32N2O2/c21-17(12-13-18(22)20-16-10-4-5-11-16)19-14-6-9-15-7-2-1-3-8-15/h15-16H,1-14H2,(H,19,21)(H,20,22). The molecule has 0 atom stereocenters. The first kappa shape index (κ1) is 17.3. The largest absolute Gasteiger partial charge is 0.356 e. The van der Waals surface area contributed by atoms with E-state index in [1.54, 1.807) is 0 Å². The fourth-order valence-electron chi connectivity index (χ4n) is 3.78. The van der Waals surface area contributed by atoms with Crippen molar-refractivity contribution in [1.82, 2.24) is 10.6 Å². The first-order valence-corrected chi connectivity index (χ1v) is 9.30. The summed E-state index contributed by atoms with van der Waals surface area (Å²) in [6.45, 7) is 0.763. The van der Waals surface area contributed by atoms with Crippen molar-refractivity contribution in [3.05, 3.63) is 0 Å². The lowest BCUT2D eigenvalue weighted by Crippen LogP contribution is -2.34. The molecule has 2 fully saturated rings. The zero-order valence-corrected chi connectivity index (χ0v) is 13.9. The van der Waals surface area contributed by atoms with Crippen molar-refractivity contribution in [2.24, 2.45) is 5.92 Å². The quantitative estimate of drug-likeness (QED) is 0.676. The second kappa shape index (κ2) is 9.86. The van der Waals surface area contributed by atoms with Gasteiger partial charge in [-0.25, -0.2) is 0 Å². The number of rotatable bonds is 8. The average molecular weight is 308 g/mol. The smallest absolute Gasteiger partial charge is 0.220 e. The molecular weight excluding hydrogens is 276 g/mol. The van der Waals surface area contributed by atoms with Crippen LogP contribution in [0.1, 0.15) is 83.5 Å². The van der Waals surface area contributed by atoms with Gasteiger partial charge in [0.25, 0.3) is 0 Å². The van der Waals surface area contributed by atoms with E-state index >= 15 is 0 Å². The third kappa shape index (κ3) is 6.80. The Morgan fingerprint density at radius 2 is 1.45 bits per heavy atom. The maximum absolute atomic E-state index is 11.7. The molecule has 0 unspecified atom stereocenters. The van der Waals surface area contributed by atoms with E-state index in [1.165, 1.54) is 51.4 Å². The molecule has 2 amide bonds. The van der Waals surface area contributed by atoms with E-state index in [9.17, 15) is 9.59 Å². The van der Waals surface area contributed by atoms with Crippen LogP contribution in [0.15, 0.2) is 0 Å². The summed E-state index contributed by atoms with van der Waals surface area (Å²) < 4.78 is 0. The molecule has 0 aromatic heterocycles. The molecule has 0 saturated heterocycles. The van der Waals surface area contributed by atoms with Crippen LogP contribution in [0, 0.1) is 5.92 Å². The Morgan fingerprint density at radius 1 is 0.818 bits per heavy atom. The Bertz CT molecular complexity index is 345. The molecule has 0 bridgehead atoms. The second-order valence-electron chi connectivity index (χ2n) is 7.05. The minimum Gasteiger partial charge on any atom is -0.356 e. The normalized spacial score (nSPS) is 20.0. The summed E-state index contributed by atoms with van der Waals surface area (Å²) in [5.41, 5.74) is 0. The first-order chi connectivity index (χ1) is 10.7. The van der Waals surface area contributed by atoms with Crippen LogP contribution in [0.4, 0.5) is 0 Å². The molecule has 2 saturated carbocycles. The third-order valence-electron chi connectivity index (χ3n) is 5.14. The van der Waals surface area contributed by atoms with E-state index in [1.807, 2.05) is 0 Å². The molecule has 0 aromatic carbocycles. The van der Waals surface area contributed by atoms with Gasteiger partial charge in [-0.3, -0.25) is 9.59 Å². The third-order valence-corrected chi connectivity index (χ3v) is 5.14. The lowest BCUT2D eigenvalue weighted by molar-refractivity contribution is -0.126. The van der Waals surface area contributed by atoms with Crippen LogP contribution in [0.2, 0.25) is 0 Å². The van der Waals surface area contributed by atoms with Crippen molar-refractivity contribution < 1.29 is 9.59 Å². The second-order valence-corrected chi connectivity index (χ2v) is 7.05. The molecule has 0 aromatic rings. The molecule has 4 nitrogen and oxygen atoms in total. The Hall–Kier alpha value is -1.06. The van der Waals surface area contributed by atoms with Crippen LogP contribution >= 0.6 is 0 Å². The molecule has 2 N–H and O–H groups in total. The van der Waals surface area contributed by atoms with Crippen LogP contribution < -0.4 is 10.6 Å². The van der Waals surface area contributed by atoms with Crippen LogP contribution in [-0.2, 0) is 9.59 Å². The number of amides is 2. The van der Waals surface area contributed by atoms with Crippen LogP contribution in [0.25, 0.3) is 0 Å². The summed E-state index contributed by atoms with van der Waals surface area (Å²) in [7, 11) is 0. The molecule has 2 rings (SSSR count). The zero-order valence-electron chi connectivity index (χ0n) is 13.9. The molecule has 2 aliphatic rings. The number of hydrogen-bond acceptors (Lipinski definition) is 2. The van der Waals surface area contributed by atoms with E-state index in [2.05, 4.69) is 10.6 Å². The van der Waals surface area contributed by atoms with Gasteiger partial charge in [0, 0.05) is 25.4 Å². The van der Waals surface area contributed by atoms with Crippen molar-refractivity contribution >= 4 is 11.8 Å². The van der Waals surface area contributed by atoms with Crippen molar-refractivity contribution in [3.63, 3.8) is 0 Å². The van der Waals surface area contributed by atoms with Gasteiger partial charge in [-0.05, 0) is 31.6 Å². The summed E-state index contributed by atoms with van der Waals surface area (Å²) in [5, 5.41) is 5.98. The van der Waals surface area contributed by atoms with Crippen molar-refractivity contribution in [1.29, 1.82) is 0 Å². The molecule has 126 valence electrons. The predicted octanol–water partition coefficient (Wildman–Crippen LogP) is 3.30. The van der Waals surface area contributed by atoms with E-state index < -0.39 is 0 Å². The van der Waals surface area contributed by atoms with E-state index in [-0.39, 0.29) is 11.8 Å². The molecule has 0 spiro atoms. The van der Waals surface area contributed by atoms with Crippen molar-refractivity contribution in [3.8, 4) is 0 Å². The minimum atomic E-state index is 0.0187. The molecule has 0 heterocycles. The van der Waals surface area contributed by atoms with Crippen molar-refractivity contribution in [2.45, 2.75) is 89.5 Å². The van der Waals surface area contributed by atoms with Crippen LogP contribution in [0.3, 0.4) is 0 Å².